The van der Waals surface area contributed by atoms with Crippen LogP contribution in [-0.2, 0) is 24.5 Å². The number of thiazole rings is 1. The first kappa shape index (κ1) is 25.6. The third-order valence-corrected chi connectivity index (χ3v) is 8.11. The summed E-state index contributed by atoms with van der Waals surface area (Å²) >= 11 is 1.41. The van der Waals surface area contributed by atoms with Crippen molar-refractivity contribution >= 4 is 23.3 Å². The van der Waals surface area contributed by atoms with Gasteiger partial charge in [-0.05, 0) is 51.3 Å². The Morgan fingerprint density at radius 1 is 1.00 bits per heavy atom. The number of carbonyl (C=O) groups is 2. The van der Waals surface area contributed by atoms with Gasteiger partial charge in [-0.1, -0.05) is 48.0 Å². The van der Waals surface area contributed by atoms with Crippen LogP contribution in [0.4, 0.5) is 0 Å². The van der Waals surface area contributed by atoms with E-state index in [1.807, 2.05) is 49.6 Å². The number of nitrogens with zero attached hydrogens (tertiary/aromatic N) is 1. The lowest BCUT2D eigenvalue weighted by Gasteiger charge is -2.46. The molecule has 2 aromatic carbocycles. The molecule has 2 heterocycles. The Hall–Kier alpha value is -3.45. The first-order valence-electron chi connectivity index (χ1n) is 11.9. The lowest BCUT2D eigenvalue weighted by molar-refractivity contribution is -0.150. The van der Waals surface area contributed by atoms with Crippen molar-refractivity contribution < 1.29 is 19.1 Å². The fourth-order valence-electron chi connectivity index (χ4n) is 5.69. The number of ether oxygens (including phenoxy) is 2. The summed E-state index contributed by atoms with van der Waals surface area (Å²) in [6, 6.07) is 13.4. The van der Waals surface area contributed by atoms with Crippen LogP contribution < -0.4 is 5.32 Å². The zero-order valence-corrected chi connectivity index (χ0v) is 22.6. The van der Waals surface area contributed by atoms with Gasteiger partial charge in [0.2, 0.25) is 0 Å². The van der Waals surface area contributed by atoms with Crippen molar-refractivity contribution in [2.75, 3.05) is 14.2 Å². The number of carbonyl (C=O) groups excluding carboxylic acids is 2. The van der Waals surface area contributed by atoms with Gasteiger partial charge in [-0.3, -0.25) is 4.79 Å². The number of benzene rings is 2. The van der Waals surface area contributed by atoms with Crippen LogP contribution in [0.5, 0.6) is 0 Å². The highest BCUT2D eigenvalue weighted by molar-refractivity contribution is 7.10. The maximum atomic E-state index is 13.9. The molecular weight excluding hydrogens is 472 g/mol. The number of esters is 2. The number of rotatable bonds is 5. The fraction of sp³-hybridized carbons (Fsp3) is 0.345. The summed E-state index contributed by atoms with van der Waals surface area (Å²) in [6.45, 7) is 10.00. The topological polar surface area (TPSA) is 77.5 Å². The van der Waals surface area contributed by atoms with Crippen molar-refractivity contribution in [2.45, 2.75) is 52.0 Å². The smallest absolute Gasteiger partial charge is 0.336 e. The van der Waals surface area contributed by atoms with Gasteiger partial charge in [0.05, 0.1) is 25.5 Å². The summed E-state index contributed by atoms with van der Waals surface area (Å²) in [5, 5.41) is 5.95. The molecule has 0 saturated heterocycles. The number of aromatic nitrogens is 1. The van der Waals surface area contributed by atoms with Crippen LogP contribution in [0.25, 0.3) is 11.3 Å². The maximum Gasteiger partial charge on any atom is 0.336 e. The van der Waals surface area contributed by atoms with E-state index in [-0.39, 0.29) is 0 Å². The number of hydrogen-bond donors (Lipinski definition) is 1. The minimum Gasteiger partial charge on any atom is -0.468 e. The van der Waals surface area contributed by atoms with Crippen LogP contribution >= 0.6 is 11.3 Å². The number of methoxy groups -OCH3 is 2. The lowest BCUT2D eigenvalue weighted by Crippen LogP contribution is -2.60. The minimum absolute atomic E-state index is 0.395. The van der Waals surface area contributed by atoms with Gasteiger partial charge in [0.1, 0.15) is 5.01 Å². The SMILES string of the molecule is COC(=O)C1=C(C)NC(C)C(C(=O)OC)(c2nc(-c3c(C)cc(C)cc3C)cs2)C1c1ccccc1. The fourth-order valence-corrected chi connectivity index (χ4v) is 6.81. The third kappa shape index (κ3) is 4.01. The molecule has 0 aliphatic carbocycles. The van der Waals surface area contributed by atoms with Gasteiger partial charge in [-0.15, -0.1) is 11.3 Å². The Morgan fingerprint density at radius 3 is 2.22 bits per heavy atom. The predicted octanol–water partition coefficient (Wildman–Crippen LogP) is 5.37. The van der Waals surface area contributed by atoms with E-state index in [0.29, 0.717) is 16.3 Å². The van der Waals surface area contributed by atoms with Gasteiger partial charge in [0, 0.05) is 28.6 Å². The van der Waals surface area contributed by atoms with E-state index in [9.17, 15) is 9.59 Å². The Morgan fingerprint density at radius 2 is 1.64 bits per heavy atom. The largest absolute Gasteiger partial charge is 0.468 e. The molecule has 0 amide bonds. The van der Waals surface area contributed by atoms with Crippen molar-refractivity contribution in [3.8, 4) is 11.3 Å². The summed E-state index contributed by atoms with van der Waals surface area (Å²) in [4.78, 5) is 32.1. The second-order valence-corrected chi connectivity index (χ2v) is 10.3. The molecule has 6 nitrogen and oxygen atoms in total. The van der Waals surface area contributed by atoms with Crippen LogP contribution in [0.2, 0.25) is 0 Å². The molecule has 3 unspecified atom stereocenters. The highest BCUT2D eigenvalue weighted by atomic mass is 32.1. The number of hydrogen-bond acceptors (Lipinski definition) is 7. The maximum absolute atomic E-state index is 13.9. The van der Waals surface area contributed by atoms with Crippen molar-refractivity contribution in [3.05, 3.63) is 86.4 Å². The number of aryl methyl sites for hydroxylation is 3. The van der Waals surface area contributed by atoms with Crippen LogP contribution in [0.3, 0.4) is 0 Å². The van der Waals surface area contributed by atoms with Gasteiger partial charge in [-0.25, -0.2) is 9.78 Å². The van der Waals surface area contributed by atoms with E-state index >= 15 is 0 Å². The predicted molar refractivity (Wildman–Crippen MR) is 142 cm³/mol. The van der Waals surface area contributed by atoms with E-state index < -0.39 is 29.3 Å². The average molecular weight is 505 g/mol. The average Bonchev–Trinajstić information content (AvgIpc) is 3.32. The van der Waals surface area contributed by atoms with Gasteiger partial charge < -0.3 is 14.8 Å². The quantitative estimate of drug-likeness (QED) is 0.471. The summed E-state index contributed by atoms with van der Waals surface area (Å²) < 4.78 is 10.7. The first-order valence-corrected chi connectivity index (χ1v) is 12.8. The molecule has 3 atom stereocenters. The van der Waals surface area contributed by atoms with Gasteiger partial charge >= 0.3 is 11.9 Å². The molecule has 4 rings (SSSR count). The van der Waals surface area contributed by atoms with Gasteiger partial charge in [-0.2, -0.15) is 0 Å². The zero-order valence-electron chi connectivity index (χ0n) is 21.8. The second kappa shape index (κ2) is 9.90. The van der Waals surface area contributed by atoms with Crippen LogP contribution in [0, 0.1) is 20.8 Å². The Balaban J connectivity index is 2.03. The summed E-state index contributed by atoms with van der Waals surface area (Å²) in [5.41, 5.74) is 5.87. The molecule has 1 N–H and O–H groups in total. The van der Waals surface area contributed by atoms with Crippen LogP contribution in [0.1, 0.15) is 47.0 Å². The standard InChI is InChI=1S/C29H32N2O4S/c1-16-13-17(2)23(18(3)14-16)22-15-36-27(31-22)29(28(33)35-7)20(5)30-19(4)24(26(32)34-6)25(29)21-11-9-8-10-12-21/h8-15,20,25,30H,1-7H3. The molecule has 1 aromatic heterocycles. The highest BCUT2D eigenvalue weighted by Gasteiger charge is 2.60. The zero-order chi connectivity index (χ0) is 26.2. The minimum atomic E-state index is -1.30. The monoisotopic (exact) mass is 504 g/mol. The molecule has 0 spiro atoms. The Kier molecular flexibility index (Phi) is 7.05. The van der Waals surface area contributed by atoms with E-state index in [2.05, 4.69) is 38.2 Å². The molecule has 36 heavy (non-hydrogen) atoms. The van der Waals surface area contributed by atoms with Gasteiger partial charge in [0.25, 0.3) is 0 Å². The molecular formula is C29H32N2O4S. The molecule has 1 aliphatic rings. The lowest BCUT2D eigenvalue weighted by atomic mass is 9.62. The summed E-state index contributed by atoms with van der Waals surface area (Å²) in [7, 11) is 2.73. The van der Waals surface area contributed by atoms with Crippen molar-refractivity contribution in [3.63, 3.8) is 0 Å². The first-order chi connectivity index (χ1) is 17.2. The molecule has 0 fully saturated rings. The summed E-state index contributed by atoms with van der Waals surface area (Å²) in [6.07, 6.45) is 0. The highest BCUT2D eigenvalue weighted by Crippen LogP contribution is 2.52. The second-order valence-electron chi connectivity index (χ2n) is 9.41. The molecule has 3 aromatic rings. The Bertz CT molecular complexity index is 1320. The van der Waals surface area contributed by atoms with E-state index in [4.69, 9.17) is 14.5 Å². The van der Waals surface area contributed by atoms with Crippen molar-refractivity contribution in [1.29, 1.82) is 0 Å². The molecule has 0 radical (unpaired) electrons. The van der Waals surface area contributed by atoms with E-state index in [0.717, 1.165) is 27.9 Å². The third-order valence-electron chi connectivity index (χ3n) is 7.12. The van der Waals surface area contributed by atoms with Crippen molar-refractivity contribution in [2.24, 2.45) is 0 Å². The molecule has 0 saturated carbocycles. The van der Waals surface area contributed by atoms with Crippen LogP contribution in [-0.4, -0.2) is 37.2 Å². The molecule has 7 heteroatoms. The van der Waals surface area contributed by atoms with E-state index in [1.165, 1.54) is 31.1 Å². The summed E-state index contributed by atoms with van der Waals surface area (Å²) in [5.74, 6) is -1.60. The molecule has 1 aliphatic heterocycles. The molecule has 188 valence electrons. The van der Waals surface area contributed by atoms with Gasteiger partial charge in [0.15, 0.2) is 5.41 Å². The normalized spacial score (nSPS) is 21.6. The molecule has 0 bridgehead atoms. The number of nitrogens with one attached hydrogen (secondary N) is 1. The number of allylic oxidation sites excluding steroid dienone is 1. The Labute approximate surface area is 216 Å². The van der Waals surface area contributed by atoms with Crippen molar-refractivity contribution in [1.82, 2.24) is 10.3 Å². The van der Waals surface area contributed by atoms with Crippen LogP contribution in [0.15, 0.2) is 59.1 Å². The van der Waals surface area contributed by atoms with E-state index in [1.54, 1.807) is 0 Å².